The monoisotopic (exact) mass is 364 g/mol. The van der Waals surface area contributed by atoms with Crippen LogP contribution in [0.3, 0.4) is 0 Å². The molecule has 0 spiro atoms. The second kappa shape index (κ2) is 5.89. The Morgan fingerprint density at radius 2 is 1.96 bits per heavy atom. The number of ether oxygens (including phenoxy) is 1. The number of benzene rings is 1. The number of pyridine rings is 1. The minimum absolute atomic E-state index is 0.0758. The molecule has 2 aliphatic carbocycles. The number of halogens is 3. The summed E-state index contributed by atoms with van der Waals surface area (Å²) in [5.41, 5.74) is 2.83. The van der Waals surface area contributed by atoms with Crippen LogP contribution in [0.5, 0.6) is 5.75 Å². The van der Waals surface area contributed by atoms with Gasteiger partial charge in [0.05, 0.1) is 11.9 Å². The molecule has 0 radical (unpaired) electrons. The molecule has 5 nitrogen and oxygen atoms in total. The first-order valence-corrected chi connectivity index (χ1v) is 8.21. The molecule has 2 N–H and O–H groups in total. The average molecular weight is 364 g/mol. The zero-order valence-corrected chi connectivity index (χ0v) is 13.5. The largest absolute Gasteiger partial charge is 0.573 e. The summed E-state index contributed by atoms with van der Waals surface area (Å²) >= 11 is 0. The molecule has 8 heteroatoms. The Morgan fingerprint density at radius 3 is 2.65 bits per heavy atom. The van der Waals surface area contributed by atoms with Crippen LogP contribution in [0.1, 0.15) is 52.7 Å². The summed E-state index contributed by atoms with van der Waals surface area (Å²) in [4.78, 5) is 15.6. The lowest BCUT2D eigenvalue weighted by molar-refractivity contribution is -0.274. The van der Waals surface area contributed by atoms with Crippen molar-refractivity contribution in [2.75, 3.05) is 5.32 Å². The highest BCUT2D eigenvalue weighted by atomic mass is 19.4. The van der Waals surface area contributed by atoms with Gasteiger partial charge in [0, 0.05) is 11.8 Å². The minimum Gasteiger partial charge on any atom is -0.477 e. The summed E-state index contributed by atoms with van der Waals surface area (Å²) in [7, 11) is 0. The van der Waals surface area contributed by atoms with Gasteiger partial charge in [0.1, 0.15) is 5.75 Å². The molecular formula is C18H15F3N2O3. The number of carbonyl (C=O) groups is 1. The van der Waals surface area contributed by atoms with E-state index < -0.39 is 12.3 Å². The molecule has 26 heavy (non-hydrogen) atoms. The van der Waals surface area contributed by atoms with Gasteiger partial charge in [-0.15, -0.1) is 13.2 Å². The van der Waals surface area contributed by atoms with Crippen molar-refractivity contribution < 1.29 is 27.8 Å². The molecule has 2 atom stereocenters. The first kappa shape index (κ1) is 16.7. The van der Waals surface area contributed by atoms with Gasteiger partial charge in [0.2, 0.25) is 0 Å². The average Bonchev–Trinajstić information content (AvgIpc) is 3.15. The molecule has 2 unspecified atom stereocenters. The van der Waals surface area contributed by atoms with E-state index in [9.17, 15) is 23.1 Å². The van der Waals surface area contributed by atoms with Crippen LogP contribution in [-0.4, -0.2) is 22.4 Å². The number of carboxylic acids is 1. The third-order valence-corrected chi connectivity index (χ3v) is 4.96. The van der Waals surface area contributed by atoms with E-state index in [2.05, 4.69) is 15.0 Å². The molecule has 0 amide bonds. The predicted molar refractivity (Wildman–Crippen MR) is 86.9 cm³/mol. The summed E-state index contributed by atoms with van der Waals surface area (Å²) < 4.78 is 41.1. The van der Waals surface area contributed by atoms with E-state index >= 15 is 0 Å². The fraction of sp³-hybridized carbons (Fsp3) is 0.333. The van der Waals surface area contributed by atoms with Gasteiger partial charge < -0.3 is 15.2 Å². The molecule has 2 bridgehead atoms. The van der Waals surface area contributed by atoms with E-state index in [-0.39, 0.29) is 23.3 Å². The van der Waals surface area contributed by atoms with E-state index in [1.807, 2.05) is 0 Å². The molecule has 0 saturated heterocycles. The lowest BCUT2D eigenvalue weighted by atomic mass is 9.89. The van der Waals surface area contributed by atoms with E-state index in [0.29, 0.717) is 11.4 Å². The minimum atomic E-state index is -4.76. The summed E-state index contributed by atoms with van der Waals surface area (Å²) in [6.45, 7) is 0. The van der Waals surface area contributed by atoms with Crippen molar-refractivity contribution in [3.63, 3.8) is 0 Å². The maximum atomic E-state index is 12.4. The van der Waals surface area contributed by atoms with Crippen molar-refractivity contribution in [3.05, 3.63) is 47.3 Å². The van der Waals surface area contributed by atoms with Crippen LogP contribution >= 0.6 is 0 Å². The number of hydrogen-bond acceptors (Lipinski definition) is 4. The molecule has 1 saturated carbocycles. The number of hydrogen-bond donors (Lipinski definition) is 2. The van der Waals surface area contributed by atoms with Gasteiger partial charge >= 0.3 is 12.3 Å². The van der Waals surface area contributed by atoms with Gasteiger partial charge in [-0.25, -0.2) is 9.78 Å². The van der Waals surface area contributed by atoms with Gasteiger partial charge in [-0.3, -0.25) is 0 Å². The van der Waals surface area contributed by atoms with E-state index in [1.165, 1.54) is 24.4 Å². The summed E-state index contributed by atoms with van der Waals surface area (Å²) in [5, 5.41) is 12.5. The second-order valence-corrected chi connectivity index (χ2v) is 6.56. The predicted octanol–water partition coefficient (Wildman–Crippen LogP) is 4.79. The number of anilines is 2. The fourth-order valence-corrected chi connectivity index (χ4v) is 4.10. The number of carboxylic acid groups (broad SMARTS) is 1. The van der Waals surface area contributed by atoms with Crippen LogP contribution in [-0.2, 0) is 0 Å². The van der Waals surface area contributed by atoms with Crippen LogP contribution in [0.4, 0.5) is 24.5 Å². The van der Waals surface area contributed by atoms with Crippen molar-refractivity contribution in [1.82, 2.24) is 4.98 Å². The van der Waals surface area contributed by atoms with Crippen LogP contribution in [0.15, 0.2) is 30.5 Å². The van der Waals surface area contributed by atoms with E-state index in [4.69, 9.17) is 0 Å². The lowest BCUT2D eigenvalue weighted by Crippen LogP contribution is -2.17. The van der Waals surface area contributed by atoms with E-state index in [0.717, 1.165) is 30.4 Å². The first-order chi connectivity index (χ1) is 12.3. The van der Waals surface area contributed by atoms with Crippen molar-refractivity contribution >= 4 is 17.3 Å². The molecule has 1 aromatic heterocycles. The lowest BCUT2D eigenvalue weighted by Gasteiger charge is -2.21. The number of fused-ring (bicyclic) bond motifs is 5. The Kier molecular flexibility index (Phi) is 3.78. The Hall–Kier alpha value is -2.77. The molecule has 1 heterocycles. The highest BCUT2D eigenvalue weighted by molar-refractivity contribution is 5.89. The third-order valence-electron chi connectivity index (χ3n) is 4.96. The third kappa shape index (κ3) is 2.95. The Bertz CT molecular complexity index is 882. The smallest absolute Gasteiger partial charge is 0.477 e. The number of nitrogens with zero attached hydrogens (tertiary/aromatic N) is 1. The Labute approximate surface area is 146 Å². The zero-order valence-electron chi connectivity index (χ0n) is 13.5. The maximum absolute atomic E-state index is 12.4. The molecule has 4 rings (SSSR count). The van der Waals surface area contributed by atoms with Crippen molar-refractivity contribution in [3.8, 4) is 5.75 Å². The van der Waals surface area contributed by atoms with Gasteiger partial charge in [0.15, 0.2) is 5.69 Å². The molecule has 0 aliphatic heterocycles. The van der Waals surface area contributed by atoms with E-state index in [1.54, 1.807) is 6.07 Å². The highest BCUT2D eigenvalue weighted by Crippen LogP contribution is 2.56. The van der Waals surface area contributed by atoms with Crippen LogP contribution < -0.4 is 10.1 Å². The Morgan fingerprint density at radius 1 is 1.23 bits per heavy atom. The zero-order chi connectivity index (χ0) is 18.5. The van der Waals surface area contributed by atoms with Gasteiger partial charge in [-0.2, -0.15) is 0 Å². The second-order valence-electron chi connectivity index (χ2n) is 6.56. The number of rotatable bonds is 4. The molecule has 136 valence electrons. The number of aromatic carboxylic acids is 1. The van der Waals surface area contributed by atoms with Crippen molar-refractivity contribution in [2.24, 2.45) is 0 Å². The molecular weight excluding hydrogens is 349 g/mol. The normalized spacial score (nSPS) is 20.7. The standard InChI is InChI=1S/C18H15F3N2O3/c19-18(20,21)26-12-3-1-2-11(7-12)23-13-8-22-16(17(24)25)15-10-5-4-9(6-10)14(13)15/h1-3,7-10,23H,4-6H2,(H,24,25). The highest BCUT2D eigenvalue weighted by Gasteiger charge is 2.42. The van der Waals surface area contributed by atoms with Gasteiger partial charge in [-0.05, 0) is 54.4 Å². The number of aromatic nitrogens is 1. The van der Waals surface area contributed by atoms with Crippen LogP contribution in [0.2, 0.25) is 0 Å². The van der Waals surface area contributed by atoms with Gasteiger partial charge in [0.25, 0.3) is 0 Å². The van der Waals surface area contributed by atoms with Crippen molar-refractivity contribution in [2.45, 2.75) is 37.5 Å². The Balaban J connectivity index is 1.68. The molecule has 2 aromatic rings. The fourth-order valence-electron chi connectivity index (χ4n) is 4.10. The summed E-state index contributed by atoms with van der Waals surface area (Å²) in [6, 6.07) is 5.54. The van der Waals surface area contributed by atoms with Crippen LogP contribution in [0.25, 0.3) is 0 Å². The molecule has 1 aromatic carbocycles. The summed E-state index contributed by atoms with van der Waals surface area (Å²) in [5.74, 6) is -0.930. The number of nitrogens with one attached hydrogen (secondary N) is 1. The topological polar surface area (TPSA) is 71.5 Å². The molecule has 2 aliphatic rings. The summed E-state index contributed by atoms with van der Waals surface area (Å²) in [6.07, 6.45) is -0.498. The maximum Gasteiger partial charge on any atom is 0.573 e. The SMILES string of the molecule is O=C(O)c1ncc(Nc2cccc(OC(F)(F)F)c2)c2c1C1CCC2C1. The van der Waals surface area contributed by atoms with Gasteiger partial charge in [-0.1, -0.05) is 6.07 Å². The quantitative estimate of drug-likeness (QED) is 0.816. The van der Waals surface area contributed by atoms with Crippen molar-refractivity contribution in [1.29, 1.82) is 0 Å². The first-order valence-electron chi connectivity index (χ1n) is 8.21. The number of alkyl halides is 3. The molecule has 1 fully saturated rings. The van der Waals surface area contributed by atoms with Crippen LogP contribution in [0, 0.1) is 0 Å².